The third-order valence-corrected chi connectivity index (χ3v) is 3.97. The maximum atomic E-state index is 6.13. The summed E-state index contributed by atoms with van der Waals surface area (Å²) < 4.78 is 5.84. The Bertz CT molecular complexity index is 837. The first-order valence-corrected chi connectivity index (χ1v) is 7.15. The first-order chi connectivity index (χ1) is 10.1. The van der Waals surface area contributed by atoms with Gasteiger partial charge in [-0.3, -0.25) is 4.98 Å². The van der Waals surface area contributed by atoms with Crippen LogP contribution in [0.3, 0.4) is 0 Å². The second-order valence-electron chi connectivity index (χ2n) is 4.35. The minimum atomic E-state index is 0.369. The normalized spacial score (nSPS) is 10.8. The number of aromatic nitrogens is 1. The van der Waals surface area contributed by atoms with Crippen molar-refractivity contribution in [2.24, 2.45) is 0 Å². The van der Waals surface area contributed by atoms with Crippen molar-refractivity contribution in [3.8, 4) is 11.5 Å². The molecule has 0 bridgehead atoms. The van der Waals surface area contributed by atoms with Gasteiger partial charge in [0.25, 0.3) is 0 Å². The average molecular weight is 340 g/mol. The van der Waals surface area contributed by atoms with Gasteiger partial charge < -0.3 is 10.5 Å². The molecule has 0 spiro atoms. The van der Waals surface area contributed by atoms with E-state index in [0.29, 0.717) is 37.8 Å². The van der Waals surface area contributed by atoms with Crippen LogP contribution in [0.4, 0.5) is 5.69 Å². The van der Waals surface area contributed by atoms with Crippen LogP contribution >= 0.6 is 34.8 Å². The summed E-state index contributed by atoms with van der Waals surface area (Å²) in [6, 6.07) is 10.3. The van der Waals surface area contributed by atoms with E-state index in [0.717, 1.165) is 5.39 Å². The van der Waals surface area contributed by atoms with Crippen molar-refractivity contribution in [3.63, 3.8) is 0 Å². The fourth-order valence-corrected chi connectivity index (χ4v) is 2.53. The Balaban J connectivity index is 2.11. The van der Waals surface area contributed by atoms with E-state index in [4.69, 9.17) is 45.3 Å². The fraction of sp³-hybridized carbons (Fsp3) is 0. The van der Waals surface area contributed by atoms with E-state index in [1.165, 1.54) is 0 Å². The number of rotatable bonds is 2. The second-order valence-corrected chi connectivity index (χ2v) is 5.57. The number of pyridine rings is 1. The molecule has 106 valence electrons. The Kier molecular flexibility index (Phi) is 3.81. The molecule has 0 unspecified atom stereocenters. The summed E-state index contributed by atoms with van der Waals surface area (Å²) in [4.78, 5) is 4.25. The lowest BCUT2D eigenvalue weighted by molar-refractivity contribution is 0.488. The molecule has 0 aliphatic heterocycles. The molecule has 0 saturated heterocycles. The zero-order valence-corrected chi connectivity index (χ0v) is 12.9. The number of nitrogen functional groups attached to an aromatic ring is 1. The van der Waals surface area contributed by atoms with E-state index in [2.05, 4.69) is 4.98 Å². The number of hydrogen-bond donors (Lipinski definition) is 1. The zero-order chi connectivity index (χ0) is 15.0. The largest absolute Gasteiger partial charge is 0.455 e. The molecule has 0 aliphatic carbocycles. The molecule has 3 nitrogen and oxygen atoms in total. The molecule has 0 amide bonds. The summed E-state index contributed by atoms with van der Waals surface area (Å²) in [5, 5.41) is 1.91. The Labute approximate surface area is 136 Å². The molecule has 1 aromatic heterocycles. The summed E-state index contributed by atoms with van der Waals surface area (Å²) in [6.07, 6.45) is 1.68. The fourth-order valence-electron chi connectivity index (χ4n) is 1.96. The molecule has 21 heavy (non-hydrogen) atoms. The molecule has 2 aromatic carbocycles. The molecule has 6 heteroatoms. The maximum Gasteiger partial charge on any atom is 0.147 e. The van der Waals surface area contributed by atoms with Crippen LogP contribution in [0.25, 0.3) is 10.9 Å². The van der Waals surface area contributed by atoms with Gasteiger partial charge in [0.05, 0.1) is 26.3 Å². The van der Waals surface area contributed by atoms with E-state index in [-0.39, 0.29) is 0 Å². The summed E-state index contributed by atoms with van der Waals surface area (Å²) in [7, 11) is 0. The summed E-state index contributed by atoms with van der Waals surface area (Å²) >= 11 is 18.0. The van der Waals surface area contributed by atoms with Crippen molar-refractivity contribution < 1.29 is 4.74 Å². The van der Waals surface area contributed by atoms with Gasteiger partial charge in [0.15, 0.2) is 0 Å². The van der Waals surface area contributed by atoms with Crippen LogP contribution in [0.15, 0.2) is 42.6 Å². The van der Waals surface area contributed by atoms with Crippen LogP contribution in [0, 0.1) is 0 Å². The van der Waals surface area contributed by atoms with Crippen LogP contribution in [0.2, 0.25) is 15.1 Å². The quantitative estimate of drug-likeness (QED) is 0.490. The lowest BCUT2D eigenvalue weighted by Crippen LogP contribution is -1.93. The van der Waals surface area contributed by atoms with Gasteiger partial charge in [0.1, 0.15) is 11.5 Å². The monoisotopic (exact) mass is 338 g/mol. The molecule has 0 fully saturated rings. The molecule has 2 N–H and O–H groups in total. The van der Waals surface area contributed by atoms with Crippen LogP contribution in [-0.4, -0.2) is 4.98 Å². The van der Waals surface area contributed by atoms with Crippen molar-refractivity contribution >= 4 is 51.4 Å². The van der Waals surface area contributed by atoms with E-state index in [1.54, 1.807) is 30.5 Å². The number of nitrogens with two attached hydrogens (primary N) is 1. The van der Waals surface area contributed by atoms with Crippen molar-refractivity contribution in [2.45, 2.75) is 0 Å². The number of nitrogens with zero attached hydrogens (tertiary/aromatic N) is 1. The average Bonchev–Trinajstić information content (AvgIpc) is 2.48. The molecule has 0 aliphatic rings. The van der Waals surface area contributed by atoms with Gasteiger partial charge in [-0.2, -0.15) is 0 Å². The minimum Gasteiger partial charge on any atom is -0.455 e. The van der Waals surface area contributed by atoms with Gasteiger partial charge in [-0.25, -0.2) is 0 Å². The highest BCUT2D eigenvalue weighted by Gasteiger charge is 2.11. The summed E-state index contributed by atoms with van der Waals surface area (Å²) in [6.45, 7) is 0. The number of ether oxygens (including phenoxy) is 1. The molecule has 3 aromatic rings. The van der Waals surface area contributed by atoms with Crippen molar-refractivity contribution in [3.05, 3.63) is 57.7 Å². The molecule has 0 radical (unpaired) electrons. The Hall–Kier alpha value is -1.68. The highest BCUT2D eigenvalue weighted by Crippen LogP contribution is 2.38. The topological polar surface area (TPSA) is 48.1 Å². The van der Waals surface area contributed by atoms with Gasteiger partial charge in [-0.1, -0.05) is 34.8 Å². The Morgan fingerprint density at radius 2 is 1.67 bits per heavy atom. The molecule has 0 atom stereocenters. The van der Waals surface area contributed by atoms with Crippen LogP contribution < -0.4 is 10.5 Å². The summed E-state index contributed by atoms with van der Waals surface area (Å²) in [5.41, 5.74) is 7.16. The minimum absolute atomic E-state index is 0.369. The number of anilines is 1. The van der Waals surface area contributed by atoms with Gasteiger partial charge in [0.2, 0.25) is 0 Å². The van der Waals surface area contributed by atoms with Crippen molar-refractivity contribution in [1.82, 2.24) is 4.98 Å². The third kappa shape index (κ3) is 2.72. The Morgan fingerprint density at radius 3 is 2.48 bits per heavy atom. The van der Waals surface area contributed by atoms with E-state index in [1.807, 2.05) is 12.1 Å². The van der Waals surface area contributed by atoms with Gasteiger partial charge in [-0.05, 0) is 30.3 Å². The predicted molar refractivity (Wildman–Crippen MR) is 87.7 cm³/mol. The smallest absolute Gasteiger partial charge is 0.147 e. The zero-order valence-electron chi connectivity index (χ0n) is 10.6. The molecular formula is C15H9Cl3N2O. The second kappa shape index (κ2) is 5.60. The number of benzene rings is 2. The Morgan fingerprint density at radius 1 is 0.905 bits per heavy atom. The molecule has 0 saturated carbocycles. The van der Waals surface area contributed by atoms with Gasteiger partial charge in [0, 0.05) is 17.6 Å². The van der Waals surface area contributed by atoms with Crippen LogP contribution in [-0.2, 0) is 0 Å². The van der Waals surface area contributed by atoms with E-state index >= 15 is 0 Å². The molecular weight excluding hydrogens is 331 g/mol. The molecule has 1 heterocycles. The van der Waals surface area contributed by atoms with Gasteiger partial charge in [-0.15, -0.1) is 0 Å². The highest BCUT2D eigenvalue weighted by atomic mass is 35.5. The third-order valence-electron chi connectivity index (χ3n) is 2.96. The predicted octanol–water partition coefficient (Wildman–Crippen LogP) is 5.57. The summed E-state index contributed by atoms with van der Waals surface area (Å²) in [5.74, 6) is 1.01. The number of fused-ring (bicyclic) bond motifs is 1. The standard InChI is InChI=1S/C15H9Cl3N2O/c16-9-6-11(18)14(7-10(9)17)21-13-4-3-12(19)15-8(13)2-1-5-20-15/h1-7H,19H2. The van der Waals surface area contributed by atoms with Crippen molar-refractivity contribution in [2.75, 3.05) is 5.73 Å². The van der Waals surface area contributed by atoms with Crippen molar-refractivity contribution in [1.29, 1.82) is 0 Å². The first-order valence-electron chi connectivity index (χ1n) is 6.02. The van der Waals surface area contributed by atoms with Crippen LogP contribution in [0.1, 0.15) is 0 Å². The molecule has 3 rings (SSSR count). The van der Waals surface area contributed by atoms with E-state index in [9.17, 15) is 0 Å². The SMILES string of the molecule is Nc1ccc(Oc2cc(Cl)c(Cl)cc2Cl)c2cccnc12. The van der Waals surface area contributed by atoms with Gasteiger partial charge >= 0.3 is 0 Å². The lowest BCUT2D eigenvalue weighted by Gasteiger charge is -2.12. The number of hydrogen-bond acceptors (Lipinski definition) is 3. The number of halogens is 3. The maximum absolute atomic E-state index is 6.13. The highest BCUT2D eigenvalue weighted by molar-refractivity contribution is 6.43. The lowest BCUT2D eigenvalue weighted by atomic mass is 10.1. The van der Waals surface area contributed by atoms with E-state index < -0.39 is 0 Å². The van der Waals surface area contributed by atoms with Crippen LogP contribution in [0.5, 0.6) is 11.5 Å². The first kappa shape index (κ1) is 14.3.